The molecule has 0 saturated heterocycles. The minimum absolute atomic E-state index is 0.0105. The first-order valence-corrected chi connectivity index (χ1v) is 8.51. The summed E-state index contributed by atoms with van der Waals surface area (Å²) >= 11 is 6.38. The third-order valence-electron chi connectivity index (χ3n) is 4.17. The number of fused-ring (bicyclic) bond motifs is 1. The van der Waals surface area contributed by atoms with Crippen molar-refractivity contribution in [1.82, 2.24) is 9.13 Å². The number of imidazole rings is 1. The van der Waals surface area contributed by atoms with Crippen molar-refractivity contribution in [2.75, 3.05) is 0 Å². The molecule has 0 fully saturated rings. The molecule has 0 aliphatic heterocycles. The summed E-state index contributed by atoms with van der Waals surface area (Å²) in [5, 5.41) is 9.13. The van der Waals surface area contributed by atoms with E-state index in [0.717, 1.165) is 30.4 Å². The first-order chi connectivity index (χ1) is 11.6. The number of hydrogen-bond donors (Lipinski definition) is 1. The third-order valence-corrected chi connectivity index (χ3v) is 4.48. The molecular formula is C19H20ClN3O. The fourth-order valence-electron chi connectivity index (χ4n) is 2.91. The first kappa shape index (κ1) is 16.5. The van der Waals surface area contributed by atoms with E-state index in [1.54, 1.807) is 16.7 Å². The number of rotatable bonds is 6. The van der Waals surface area contributed by atoms with E-state index in [9.17, 15) is 4.79 Å². The molecule has 5 heteroatoms. The summed E-state index contributed by atoms with van der Waals surface area (Å²) < 4.78 is 3.64. The van der Waals surface area contributed by atoms with Gasteiger partial charge in [-0.25, -0.2) is 0 Å². The van der Waals surface area contributed by atoms with Gasteiger partial charge in [-0.2, -0.15) is 0 Å². The number of Topliss-reactive ketones (excluding diaryl/α,β-unsaturated/α-hetero) is 1. The van der Waals surface area contributed by atoms with Crippen LogP contribution in [0.25, 0.3) is 11.0 Å². The first-order valence-electron chi connectivity index (χ1n) is 8.14. The summed E-state index contributed by atoms with van der Waals surface area (Å²) in [5.74, 6) is -0.0105. The predicted octanol–water partition coefficient (Wildman–Crippen LogP) is 4.26. The lowest BCUT2D eigenvalue weighted by atomic mass is 10.1. The molecule has 0 bridgehead atoms. The molecule has 2 aromatic carbocycles. The number of benzene rings is 2. The van der Waals surface area contributed by atoms with Crippen molar-refractivity contribution in [1.29, 1.82) is 5.41 Å². The maximum atomic E-state index is 12.6. The number of para-hydroxylation sites is 1. The molecule has 0 atom stereocenters. The number of hydrogen-bond acceptors (Lipinski definition) is 2. The molecule has 3 aromatic rings. The molecule has 3 rings (SSSR count). The second-order valence-corrected chi connectivity index (χ2v) is 6.22. The second kappa shape index (κ2) is 7.05. The summed E-state index contributed by atoms with van der Waals surface area (Å²) in [6.07, 6.45) is 2.00. The lowest BCUT2D eigenvalue weighted by molar-refractivity contribution is 0.0971. The second-order valence-electron chi connectivity index (χ2n) is 5.81. The van der Waals surface area contributed by atoms with Crippen LogP contribution in [0.3, 0.4) is 0 Å². The topological polar surface area (TPSA) is 50.8 Å². The average Bonchev–Trinajstić information content (AvgIpc) is 2.87. The zero-order valence-corrected chi connectivity index (χ0v) is 14.4. The molecule has 4 nitrogen and oxygen atoms in total. The van der Waals surface area contributed by atoms with E-state index in [1.165, 1.54) is 0 Å². The summed E-state index contributed by atoms with van der Waals surface area (Å²) in [4.78, 5) is 12.6. The van der Waals surface area contributed by atoms with E-state index in [1.807, 2.05) is 41.0 Å². The number of carbonyl (C=O) groups is 1. The third kappa shape index (κ3) is 3.02. The van der Waals surface area contributed by atoms with E-state index in [-0.39, 0.29) is 12.3 Å². The van der Waals surface area contributed by atoms with E-state index in [2.05, 4.69) is 6.92 Å². The fraction of sp³-hybridized carbons (Fsp3) is 0.263. The molecule has 1 N–H and O–H groups in total. The number of aromatic nitrogens is 2. The van der Waals surface area contributed by atoms with Crippen molar-refractivity contribution in [3.05, 3.63) is 64.7 Å². The SMILES string of the molecule is CCCCn1c(=N)n(CC(=O)c2ccccc2)c2cccc(Cl)c21. The normalized spacial score (nSPS) is 11.1. The van der Waals surface area contributed by atoms with Gasteiger partial charge in [0.25, 0.3) is 0 Å². The van der Waals surface area contributed by atoms with Gasteiger partial charge in [0.05, 0.1) is 22.6 Å². The van der Waals surface area contributed by atoms with Crippen molar-refractivity contribution in [2.45, 2.75) is 32.9 Å². The maximum absolute atomic E-state index is 12.6. The van der Waals surface area contributed by atoms with Crippen LogP contribution >= 0.6 is 11.6 Å². The highest BCUT2D eigenvalue weighted by molar-refractivity contribution is 6.35. The van der Waals surface area contributed by atoms with Crippen LogP contribution < -0.4 is 5.62 Å². The van der Waals surface area contributed by atoms with Gasteiger partial charge < -0.3 is 9.13 Å². The van der Waals surface area contributed by atoms with Gasteiger partial charge >= 0.3 is 0 Å². The highest BCUT2D eigenvalue weighted by Gasteiger charge is 2.16. The Morgan fingerprint density at radius 2 is 1.83 bits per heavy atom. The molecule has 124 valence electrons. The number of nitrogens with zero attached hydrogens (tertiary/aromatic N) is 2. The Hall–Kier alpha value is -2.33. The van der Waals surface area contributed by atoms with Crippen LogP contribution in [0.4, 0.5) is 0 Å². The number of unbranched alkanes of at least 4 members (excludes halogenated alkanes) is 1. The van der Waals surface area contributed by atoms with Crippen LogP contribution in [0.15, 0.2) is 48.5 Å². The summed E-state index contributed by atoms with van der Waals surface area (Å²) in [7, 11) is 0. The lowest BCUT2D eigenvalue weighted by Gasteiger charge is -2.04. The smallest absolute Gasteiger partial charge is 0.203 e. The zero-order valence-electron chi connectivity index (χ0n) is 13.6. The summed E-state index contributed by atoms with van der Waals surface area (Å²) in [6, 6.07) is 14.8. The Bertz CT molecular complexity index is 925. The number of ketones is 1. The fourth-order valence-corrected chi connectivity index (χ4v) is 3.18. The van der Waals surface area contributed by atoms with Crippen molar-refractivity contribution in [3.63, 3.8) is 0 Å². The molecule has 1 heterocycles. The molecule has 0 spiro atoms. The summed E-state index contributed by atoms with van der Waals surface area (Å²) in [6.45, 7) is 2.98. The quantitative estimate of drug-likeness (QED) is 0.669. The van der Waals surface area contributed by atoms with Crippen LogP contribution in [0.2, 0.25) is 5.02 Å². The molecule has 0 amide bonds. The van der Waals surface area contributed by atoms with Gasteiger partial charge in [-0.1, -0.05) is 61.3 Å². The molecule has 0 unspecified atom stereocenters. The van der Waals surface area contributed by atoms with Crippen molar-refractivity contribution < 1.29 is 4.79 Å². The van der Waals surface area contributed by atoms with Crippen molar-refractivity contribution in [2.24, 2.45) is 0 Å². The molecular weight excluding hydrogens is 322 g/mol. The highest BCUT2D eigenvalue weighted by atomic mass is 35.5. The average molecular weight is 342 g/mol. The number of aryl methyl sites for hydroxylation is 1. The van der Waals surface area contributed by atoms with Gasteiger partial charge in [-0.3, -0.25) is 10.2 Å². The van der Waals surface area contributed by atoms with Crippen LogP contribution in [0.1, 0.15) is 30.1 Å². The number of carbonyl (C=O) groups excluding carboxylic acids is 1. The van der Waals surface area contributed by atoms with Crippen molar-refractivity contribution >= 4 is 28.4 Å². The standard InChI is InChI=1S/C19H20ClN3O/c1-2-3-12-22-18-15(20)10-7-11-16(18)23(19(22)21)13-17(24)14-8-5-4-6-9-14/h4-11,21H,2-3,12-13H2,1H3. The van der Waals surface area contributed by atoms with Gasteiger partial charge in [0.1, 0.15) is 0 Å². The van der Waals surface area contributed by atoms with E-state index in [0.29, 0.717) is 16.2 Å². The Morgan fingerprint density at radius 1 is 1.08 bits per heavy atom. The lowest BCUT2D eigenvalue weighted by Crippen LogP contribution is -2.27. The minimum Gasteiger partial charge on any atom is -0.309 e. The molecule has 0 aliphatic rings. The van der Waals surface area contributed by atoms with Gasteiger partial charge in [-0.05, 0) is 18.6 Å². The Kier molecular flexibility index (Phi) is 4.86. The van der Waals surface area contributed by atoms with Gasteiger partial charge in [0.15, 0.2) is 5.78 Å². The van der Waals surface area contributed by atoms with Crippen LogP contribution in [0.5, 0.6) is 0 Å². The monoisotopic (exact) mass is 341 g/mol. The largest absolute Gasteiger partial charge is 0.309 e. The van der Waals surface area contributed by atoms with Crippen LogP contribution in [-0.4, -0.2) is 14.9 Å². The summed E-state index contributed by atoms with van der Waals surface area (Å²) in [5.41, 5.74) is 2.63. The van der Waals surface area contributed by atoms with Crippen LogP contribution in [-0.2, 0) is 13.1 Å². The molecule has 0 radical (unpaired) electrons. The van der Waals surface area contributed by atoms with Gasteiger partial charge in [0, 0.05) is 12.1 Å². The zero-order chi connectivity index (χ0) is 17.1. The Labute approximate surface area is 145 Å². The Balaban J connectivity index is 2.08. The van der Waals surface area contributed by atoms with Gasteiger partial charge in [-0.15, -0.1) is 0 Å². The Morgan fingerprint density at radius 3 is 2.54 bits per heavy atom. The molecule has 0 saturated carbocycles. The highest BCUT2D eigenvalue weighted by Crippen LogP contribution is 2.23. The van der Waals surface area contributed by atoms with Gasteiger partial charge in [0.2, 0.25) is 5.62 Å². The van der Waals surface area contributed by atoms with Crippen LogP contribution in [0, 0.1) is 5.41 Å². The minimum atomic E-state index is -0.0105. The predicted molar refractivity (Wildman–Crippen MR) is 96.5 cm³/mol. The number of nitrogens with one attached hydrogen (secondary N) is 1. The van der Waals surface area contributed by atoms with Crippen molar-refractivity contribution in [3.8, 4) is 0 Å². The molecule has 24 heavy (non-hydrogen) atoms. The van der Waals surface area contributed by atoms with E-state index >= 15 is 0 Å². The van der Waals surface area contributed by atoms with E-state index in [4.69, 9.17) is 17.0 Å². The van der Waals surface area contributed by atoms with E-state index < -0.39 is 0 Å². The molecule has 1 aromatic heterocycles. The number of halogens is 1. The molecule has 0 aliphatic carbocycles. The maximum Gasteiger partial charge on any atom is 0.203 e.